The van der Waals surface area contributed by atoms with E-state index in [1.807, 2.05) is 12.1 Å². The first-order valence-corrected chi connectivity index (χ1v) is 5.68. The van der Waals surface area contributed by atoms with Gasteiger partial charge in [-0.2, -0.15) is 0 Å². The molecular formula is C14H19NO. The third-order valence-electron chi connectivity index (χ3n) is 2.59. The van der Waals surface area contributed by atoms with Crippen LogP contribution in [0.15, 0.2) is 29.3 Å². The van der Waals surface area contributed by atoms with E-state index in [0.717, 1.165) is 11.5 Å². The van der Waals surface area contributed by atoms with Gasteiger partial charge in [0, 0.05) is 11.1 Å². The van der Waals surface area contributed by atoms with Crippen LogP contribution in [0.4, 0.5) is 0 Å². The van der Waals surface area contributed by atoms with Crippen LogP contribution in [0.1, 0.15) is 45.7 Å². The first-order valence-electron chi connectivity index (χ1n) is 5.68. The molecule has 1 heterocycles. The Balaban J connectivity index is 2.53. The molecule has 0 spiro atoms. The van der Waals surface area contributed by atoms with E-state index in [4.69, 9.17) is 4.74 Å². The first kappa shape index (κ1) is 11.2. The van der Waals surface area contributed by atoms with Crippen LogP contribution in [0.3, 0.4) is 0 Å². The van der Waals surface area contributed by atoms with Crippen LogP contribution >= 0.6 is 0 Å². The Morgan fingerprint density at radius 3 is 2.38 bits per heavy atom. The Bertz CT molecular complexity index is 438. The van der Waals surface area contributed by atoms with Crippen LogP contribution in [-0.4, -0.2) is 11.4 Å². The van der Waals surface area contributed by atoms with Crippen molar-refractivity contribution in [3.8, 4) is 0 Å². The van der Waals surface area contributed by atoms with E-state index in [1.54, 1.807) is 0 Å². The molecule has 0 radical (unpaired) electrons. The normalized spacial score (nSPS) is 20.7. The zero-order chi connectivity index (χ0) is 12.0. The summed E-state index contributed by atoms with van der Waals surface area (Å²) in [7, 11) is 0. The maximum atomic E-state index is 5.95. The molecule has 0 bridgehead atoms. The summed E-state index contributed by atoms with van der Waals surface area (Å²) in [6, 6.07) is 8.26. The summed E-state index contributed by atoms with van der Waals surface area (Å²) >= 11 is 0. The summed E-state index contributed by atoms with van der Waals surface area (Å²) in [5.41, 5.74) is 1.98. The van der Waals surface area contributed by atoms with Gasteiger partial charge in [-0.3, -0.25) is 0 Å². The lowest BCUT2D eigenvalue weighted by atomic mass is 9.96. The number of benzene rings is 1. The van der Waals surface area contributed by atoms with Crippen LogP contribution in [0.25, 0.3) is 0 Å². The summed E-state index contributed by atoms with van der Waals surface area (Å²) in [5, 5.41) is 0. The van der Waals surface area contributed by atoms with Crippen molar-refractivity contribution in [1.82, 2.24) is 0 Å². The molecule has 2 nitrogen and oxygen atoms in total. The Morgan fingerprint density at radius 1 is 1.12 bits per heavy atom. The second-order valence-corrected chi connectivity index (χ2v) is 5.75. The van der Waals surface area contributed by atoms with Gasteiger partial charge in [0.2, 0.25) is 5.90 Å². The van der Waals surface area contributed by atoms with Crippen molar-refractivity contribution in [2.24, 2.45) is 4.99 Å². The fraction of sp³-hybridized carbons (Fsp3) is 0.500. The third-order valence-corrected chi connectivity index (χ3v) is 2.59. The lowest BCUT2D eigenvalue weighted by Gasteiger charge is -2.19. The largest absolute Gasteiger partial charge is 0.467 e. The molecule has 1 aromatic carbocycles. The quantitative estimate of drug-likeness (QED) is 0.651. The highest BCUT2D eigenvalue weighted by Crippen LogP contribution is 2.36. The monoisotopic (exact) mass is 217 g/mol. The van der Waals surface area contributed by atoms with E-state index in [2.05, 4.69) is 51.7 Å². The molecule has 1 aliphatic rings. The van der Waals surface area contributed by atoms with Crippen LogP contribution in [0.2, 0.25) is 0 Å². The van der Waals surface area contributed by atoms with Crippen molar-refractivity contribution in [3.05, 3.63) is 35.4 Å². The molecule has 2 heteroatoms. The van der Waals surface area contributed by atoms with Crippen molar-refractivity contribution in [2.45, 2.75) is 45.8 Å². The van der Waals surface area contributed by atoms with Crippen LogP contribution < -0.4 is 0 Å². The number of ether oxygens (including phenoxy) is 1. The lowest BCUT2D eigenvalue weighted by molar-refractivity contribution is 0.109. The van der Waals surface area contributed by atoms with Gasteiger partial charge < -0.3 is 4.74 Å². The Hall–Kier alpha value is -1.31. The van der Waals surface area contributed by atoms with Crippen molar-refractivity contribution < 1.29 is 4.74 Å². The maximum absolute atomic E-state index is 5.95. The van der Waals surface area contributed by atoms with E-state index in [9.17, 15) is 0 Å². The van der Waals surface area contributed by atoms with Gasteiger partial charge in [-0.15, -0.1) is 0 Å². The molecule has 1 aromatic rings. The Labute approximate surface area is 97.4 Å². The summed E-state index contributed by atoms with van der Waals surface area (Å²) in [4.78, 5) is 4.64. The first-order chi connectivity index (χ1) is 7.30. The molecule has 0 fully saturated rings. The molecule has 0 saturated carbocycles. The number of fused-ring (bicyclic) bond motifs is 1. The van der Waals surface area contributed by atoms with Gasteiger partial charge in [0.25, 0.3) is 0 Å². The van der Waals surface area contributed by atoms with E-state index < -0.39 is 0 Å². The molecule has 16 heavy (non-hydrogen) atoms. The molecule has 0 saturated heterocycles. The molecule has 86 valence electrons. The minimum absolute atomic E-state index is 0.108. The van der Waals surface area contributed by atoms with Crippen LogP contribution in [0, 0.1) is 0 Å². The SMILES string of the molecule is CC(C)(C)N=C1OC(C)(C)c2ccccc21. The van der Waals surface area contributed by atoms with Crippen molar-refractivity contribution in [1.29, 1.82) is 0 Å². The highest BCUT2D eigenvalue weighted by molar-refractivity contribution is 5.99. The lowest BCUT2D eigenvalue weighted by Crippen LogP contribution is -2.19. The molecule has 0 unspecified atom stereocenters. The molecule has 0 amide bonds. The Kier molecular flexibility index (Phi) is 2.33. The summed E-state index contributed by atoms with van der Waals surface area (Å²) < 4.78 is 5.95. The predicted octanol–water partition coefficient (Wildman–Crippen LogP) is 3.50. The van der Waals surface area contributed by atoms with E-state index in [1.165, 1.54) is 5.56 Å². The van der Waals surface area contributed by atoms with Crippen molar-refractivity contribution in [3.63, 3.8) is 0 Å². The van der Waals surface area contributed by atoms with Gasteiger partial charge in [-0.1, -0.05) is 18.2 Å². The molecule has 0 atom stereocenters. The maximum Gasteiger partial charge on any atom is 0.217 e. The summed E-state index contributed by atoms with van der Waals surface area (Å²) in [5.74, 6) is 0.771. The third kappa shape index (κ3) is 1.97. The zero-order valence-electron chi connectivity index (χ0n) is 10.7. The smallest absolute Gasteiger partial charge is 0.217 e. The Morgan fingerprint density at radius 2 is 1.75 bits per heavy atom. The van der Waals surface area contributed by atoms with Crippen LogP contribution in [0.5, 0.6) is 0 Å². The van der Waals surface area contributed by atoms with Crippen LogP contribution in [-0.2, 0) is 10.3 Å². The molecular weight excluding hydrogens is 198 g/mol. The topological polar surface area (TPSA) is 21.6 Å². The van der Waals surface area contributed by atoms with Gasteiger partial charge in [0.1, 0.15) is 5.60 Å². The fourth-order valence-corrected chi connectivity index (χ4v) is 1.93. The van der Waals surface area contributed by atoms with Gasteiger partial charge >= 0.3 is 0 Å². The predicted molar refractivity (Wildman–Crippen MR) is 66.8 cm³/mol. The van der Waals surface area contributed by atoms with E-state index in [0.29, 0.717) is 0 Å². The number of rotatable bonds is 0. The van der Waals surface area contributed by atoms with Crippen molar-refractivity contribution in [2.75, 3.05) is 0 Å². The second kappa shape index (κ2) is 3.34. The van der Waals surface area contributed by atoms with Gasteiger partial charge in [0.05, 0.1) is 5.54 Å². The molecule has 0 aromatic heterocycles. The fourth-order valence-electron chi connectivity index (χ4n) is 1.93. The standard InChI is InChI=1S/C14H19NO/c1-13(2,3)15-12-10-8-6-7-9-11(10)14(4,5)16-12/h6-9H,1-5H3. The molecule has 1 aliphatic heterocycles. The summed E-state index contributed by atoms with van der Waals surface area (Å²) in [6.07, 6.45) is 0. The average Bonchev–Trinajstić information content (AvgIpc) is 2.37. The van der Waals surface area contributed by atoms with E-state index in [-0.39, 0.29) is 11.1 Å². The van der Waals surface area contributed by atoms with Gasteiger partial charge in [-0.25, -0.2) is 4.99 Å². The minimum atomic E-state index is -0.263. The number of nitrogens with zero attached hydrogens (tertiary/aromatic N) is 1. The number of hydrogen-bond donors (Lipinski definition) is 0. The summed E-state index contributed by atoms with van der Waals surface area (Å²) in [6.45, 7) is 10.4. The second-order valence-electron chi connectivity index (χ2n) is 5.75. The minimum Gasteiger partial charge on any atom is -0.467 e. The van der Waals surface area contributed by atoms with Gasteiger partial charge in [-0.05, 0) is 40.7 Å². The number of hydrogen-bond acceptors (Lipinski definition) is 2. The number of aliphatic imine (C=N–C) groups is 1. The highest BCUT2D eigenvalue weighted by atomic mass is 16.5. The van der Waals surface area contributed by atoms with E-state index >= 15 is 0 Å². The van der Waals surface area contributed by atoms with Crippen molar-refractivity contribution >= 4 is 5.90 Å². The molecule has 0 N–H and O–H groups in total. The van der Waals surface area contributed by atoms with Gasteiger partial charge in [0.15, 0.2) is 0 Å². The molecule has 0 aliphatic carbocycles. The molecule has 2 rings (SSSR count). The average molecular weight is 217 g/mol. The zero-order valence-corrected chi connectivity index (χ0v) is 10.7. The highest BCUT2D eigenvalue weighted by Gasteiger charge is 2.36.